The number of phenols is 2. The number of aryl methyl sites for hydroxylation is 1. The van der Waals surface area contributed by atoms with Crippen LogP contribution in [0.15, 0.2) is 97.1 Å². The number of carbonyl (C=O) groups is 1. The van der Waals surface area contributed by atoms with E-state index in [9.17, 15) is 15.0 Å². The van der Waals surface area contributed by atoms with Crippen molar-refractivity contribution in [1.29, 1.82) is 0 Å². The summed E-state index contributed by atoms with van der Waals surface area (Å²) >= 11 is 0. The van der Waals surface area contributed by atoms with Gasteiger partial charge in [0.25, 0.3) is 5.91 Å². The second-order valence-electron chi connectivity index (χ2n) is 7.83. The fourth-order valence-electron chi connectivity index (χ4n) is 4.52. The van der Waals surface area contributed by atoms with Crippen LogP contribution in [-0.2, 0) is 5.54 Å². The molecular weight excluding hydrogens is 386 g/mol. The number of aromatic hydroxyl groups is 2. The lowest BCUT2D eigenvalue weighted by Gasteiger charge is -2.40. The molecule has 152 valence electrons. The average Bonchev–Trinajstić information content (AvgIpc) is 3.05. The molecule has 0 saturated heterocycles. The largest absolute Gasteiger partial charge is 0.508 e. The minimum Gasteiger partial charge on any atom is -0.508 e. The third kappa shape index (κ3) is 2.80. The molecule has 4 aromatic rings. The molecule has 0 spiro atoms. The zero-order valence-corrected chi connectivity index (χ0v) is 17.0. The van der Waals surface area contributed by atoms with Crippen molar-refractivity contribution in [2.75, 3.05) is 4.90 Å². The zero-order chi connectivity index (χ0) is 21.6. The molecule has 0 radical (unpaired) electrons. The number of nitrogens with zero attached hydrogens (tertiary/aromatic N) is 1. The number of amides is 1. The topological polar surface area (TPSA) is 60.8 Å². The van der Waals surface area contributed by atoms with Gasteiger partial charge in [0.1, 0.15) is 17.0 Å². The first-order valence-electron chi connectivity index (χ1n) is 10.1. The Balaban J connectivity index is 1.90. The van der Waals surface area contributed by atoms with Crippen molar-refractivity contribution in [3.63, 3.8) is 0 Å². The molecule has 4 nitrogen and oxygen atoms in total. The molecule has 1 aliphatic rings. The number of fused-ring (bicyclic) bond motifs is 1. The summed E-state index contributed by atoms with van der Waals surface area (Å²) in [6, 6.07) is 29.4. The highest BCUT2D eigenvalue weighted by Crippen LogP contribution is 2.51. The molecule has 4 aromatic carbocycles. The first kappa shape index (κ1) is 18.9. The molecule has 1 aliphatic heterocycles. The van der Waals surface area contributed by atoms with E-state index in [-0.39, 0.29) is 17.4 Å². The molecule has 1 heterocycles. The molecule has 31 heavy (non-hydrogen) atoms. The summed E-state index contributed by atoms with van der Waals surface area (Å²) in [5.74, 6) is 0.216. The summed E-state index contributed by atoms with van der Waals surface area (Å²) in [6.45, 7) is 2.01. The van der Waals surface area contributed by atoms with E-state index in [1.54, 1.807) is 24.3 Å². The van der Waals surface area contributed by atoms with Crippen molar-refractivity contribution in [3.8, 4) is 11.5 Å². The highest BCUT2D eigenvalue weighted by atomic mass is 16.3. The smallest absolute Gasteiger partial charge is 0.260 e. The van der Waals surface area contributed by atoms with Gasteiger partial charge in [-0.25, -0.2) is 0 Å². The van der Waals surface area contributed by atoms with Crippen LogP contribution < -0.4 is 4.90 Å². The van der Waals surface area contributed by atoms with Crippen LogP contribution in [0.2, 0.25) is 0 Å². The van der Waals surface area contributed by atoms with Gasteiger partial charge in [0, 0.05) is 11.3 Å². The van der Waals surface area contributed by atoms with Crippen LogP contribution in [0.3, 0.4) is 0 Å². The minimum absolute atomic E-state index is 0.0967. The molecule has 2 N–H and O–H groups in total. The van der Waals surface area contributed by atoms with Crippen molar-refractivity contribution in [1.82, 2.24) is 0 Å². The molecule has 0 saturated carbocycles. The Kier molecular flexibility index (Phi) is 4.29. The van der Waals surface area contributed by atoms with Crippen molar-refractivity contribution in [3.05, 3.63) is 125 Å². The van der Waals surface area contributed by atoms with Crippen LogP contribution in [0.5, 0.6) is 11.5 Å². The van der Waals surface area contributed by atoms with E-state index in [1.807, 2.05) is 84.6 Å². The molecule has 0 aliphatic carbocycles. The molecule has 0 atom stereocenters. The summed E-state index contributed by atoms with van der Waals surface area (Å²) in [6.07, 6.45) is 0. The Morgan fingerprint density at radius 2 is 1.19 bits per heavy atom. The summed E-state index contributed by atoms with van der Waals surface area (Å²) in [4.78, 5) is 15.6. The lowest BCUT2D eigenvalue weighted by molar-refractivity contribution is 0.0986. The minimum atomic E-state index is -0.954. The molecule has 1 amide bonds. The Morgan fingerprint density at radius 1 is 0.677 bits per heavy atom. The Labute approximate surface area is 180 Å². The van der Waals surface area contributed by atoms with E-state index >= 15 is 0 Å². The number of hydrogen-bond donors (Lipinski definition) is 2. The number of hydrogen-bond acceptors (Lipinski definition) is 3. The lowest BCUT2D eigenvalue weighted by Crippen LogP contribution is -2.46. The highest BCUT2D eigenvalue weighted by Gasteiger charge is 2.52. The van der Waals surface area contributed by atoms with Gasteiger partial charge >= 0.3 is 0 Å². The lowest BCUT2D eigenvalue weighted by atomic mass is 9.76. The zero-order valence-electron chi connectivity index (χ0n) is 17.0. The number of anilines is 1. The molecule has 0 bridgehead atoms. The molecule has 0 unspecified atom stereocenters. The Hall–Kier alpha value is -4.05. The highest BCUT2D eigenvalue weighted by molar-refractivity contribution is 6.13. The molecule has 5 rings (SSSR count). The maximum absolute atomic E-state index is 13.8. The molecular formula is C27H21NO3. The van der Waals surface area contributed by atoms with Gasteiger partial charge in [0.15, 0.2) is 0 Å². The number of carbonyl (C=O) groups excluding carboxylic acids is 1. The van der Waals surface area contributed by atoms with Crippen LogP contribution in [0.4, 0.5) is 5.69 Å². The van der Waals surface area contributed by atoms with Crippen LogP contribution in [0.1, 0.15) is 32.6 Å². The second kappa shape index (κ2) is 7.03. The fraction of sp³-hybridized carbons (Fsp3) is 0.0741. The molecule has 0 fully saturated rings. The van der Waals surface area contributed by atoms with Crippen molar-refractivity contribution < 1.29 is 15.0 Å². The predicted octanol–water partition coefficient (Wildman–Crippen LogP) is 5.36. The standard InChI is InChI=1S/C27H21NO3/c1-18-6-12-21(13-7-18)28-26(31)24-4-2-3-5-25(24)27(28,19-8-14-22(29)15-9-19)20-10-16-23(30)17-11-20/h2-17,29-30H,1H3. The maximum Gasteiger partial charge on any atom is 0.260 e. The molecule has 4 heteroatoms. The van der Waals surface area contributed by atoms with Gasteiger partial charge in [-0.2, -0.15) is 0 Å². The second-order valence-corrected chi connectivity index (χ2v) is 7.83. The first-order chi connectivity index (χ1) is 15.0. The third-order valence-corrected chi connectivity index (χ3v) is 5.95. The summed E-state index contributed by atoms with van der Waals surface area (Å²) in [7, 11) is 0. The van der Waals surface area contributed by atoms with Gasteiger partial charge in [0.05, 0.1) is 0 Å². The van der Waals surface area contributed by atoms with Crippen LogP contribution in [0.25, 0.3) is 0 Å². The van der Waals surface area contributed by atoms with Crippen LogP contribution in [-0.4, -0.2) is 16.1 Å². The van der Waals surface area contributed by atoms with Gasteiger partial charge in [0.2, 0.25) is 0 Å². The van der Waals surface area contributed by atoms with Crippen molar-refractivity contribution in [2.45, 2.75) is 12.5 Å². The van der Waals surface area contributed by atoms with E-state index in [1.165, 1.54) is 0 Å². The first-order valence-corrected chi connectivity index (χ1v) is 10.1. The quantitative estimate of drug-likeness (QED) is 0.481. The maximum atomic E-state index is 13.8. The van der Waals surface area contributed by atoms with E-state index in [2.05, 4.69) is 0 Å². The monoisotopic (exact) mass is 407 g/mol. The van der Waals surface area contributed by atoms with Crippen LogP contribution in [0, 0.1) is 6.92 Å². The predicted molar refractivity (Wildman–Crippen MR) is 121 cm³/mol. The normalized spacial score (nSPS) is 14.5. The molecule has 0 aromatic heterocycles. The fourth-order valence-corrected chi connectivity index (χ4v) is 4.52. The third-order valence-electron chi connectivity index (χ3n) is 5.95. The van der Waals surface area contributed by atoms with E-state index in [0.717, 1.165) is 27.9 Å². The van der Waals surface area contributed by atoms with Crippen LogP contribution >= 0.6 is 0 Å². The van der Waals surface area contributed by atoms with Gasteiger partial charge in [-0.05, 0) is 66.1 Å². The van der Waals surface area contributed by atoms with Gasteiger partial charge in [-0.15, -0.1) is 0 Å². The van der Waals surface area contributed by atoms with E-state index in [0.29, 0.717) is 5.56 Å². The van der Waals surface area contributed by atoms with Crippen molar-refractivity contribution >= 4 is 11.6 Å². The number of benzene rings is 4. The Morgan fingerprint density at radius 3 is 1.74 bits per heavy atom. The number of rotatable bonds is 3. The van der Waals surface area contributed by atoms with Gasteiger partial charge in [-0.1, -0.05) is 60.2 Å². The number of phenolic OH excluding ortho intramolecular Hbond substituents is 2. The summed E-state index contributed by atoms with van der Waals surface area (Å²) in [5, 5.41) is 19.9. The summed E-state index contributed by atoms with van der Waals surface area (Å²) < 4.78 is 0. The van der Waals surface area contributed by atoms with E-state index < -0.39 is 5.54 Å². The summed E-state index contributed by atoms with van der Waals surface area (Å²) in [5.41, 5.74) is 4.09. The van der Waals surface area contributed by atoms with Crippen molar-refractivity contribution in [2.24, 2.45) is 0 Å². The average molecular weight is 407 g/mol. The van der Waals surface area contributed by atoms with Gasteiger partial charge in [-0.3, -0.25) is 9.69 Å². The van der Waals surface area contributed by atoms with E-state index in [4.69, 9.17) is 0 Å². The van der Waals surface area contributed by atoms with Gasteiger partial charge < -0.3 is 10.2 Å². The Bertz CT molecular complexity index is 1210. The SMILES string of the molecule is Cc1ccc(N2C(=O)c3ccccc3C2(c2ccc(O)cc2)c2ccc(O)cc2)cc1.